The van der Waals surface area contributed by atoms with E-state index in [9.17, 15) is 9.59 Å². The summed E-state index contributed by atoms with van der Waals surface area (Å²) in [6.07, 6.45) is 3.85. The van der Waals surface area contributed by atoms with Gasteiger partial charge in [-0.2, -0.15) is 5.10 Å². The molecule has 0 aliphatic rings. The van der Waals surface area contributed by atoms with Gasteiger partial charge in [-0.15, -0.1) is 6.58 Å². The average molecular weight is 472 g/mol. The van der Waals surface area contributed by atoms with Crippen LogP contribution in [0.15, 0.2) is 90.0 Å². The second-order valence-electron chi connectivity index (χ2n) is 7.48. The Labute approximate surface area is 202 Å². The van der Waals surface area contributed by atoms with Crippen LogP contribution in [-0.4, -0.2) is 28.3 Å². The molecule has 178 valence electrons. The number of carbonyl (C=O) groups is 2. The Morgan fingerprint density at radius 2 is 1.86 bits per heavy atom. The van der Waals surface area contributed by atoms with Gasteiger partial charge in [-0.1, -0.05) is 42.5 Å². The minimum absolute atomic E-state index is 0.0681. The van der Waals surface area contributed by atoms with Crippen molar-refractivity contribution in [1.29, 1.82) is 0 Å². The Hall–Kier alpha value is -4.59. The maximum Gasteiger partial charge on any atom is 0.343 e. The van der Waals surface area contributed by atoms with Crippen LogP contribution >= 0.6 is 0 Å². The van der Waals surface area contributed by atoms with Gasteiger partial charge in [0.25, 0.3) is 5.91 Å². The van der Waals surface area contributed by atoms with Crippen molar-refractivity contribution < 1.29 is 23.5 Å². The molecule has 8 heteroatoms. The van der Waals surface area contributed by atoms with Crippen molar-refractivity contribution in [1.82, 2.24) is 9.78 Å². The van der Waals surface area contributed by atoms with Crippen LogP contribution in [0.3, 0.4) is 0 Å². The Morgan fingerprint density at radius 1 is 1.09 bits per heavy atom. The van der Waals surface area contributed by atoms with Crippen LogP contribution in [-0.2, 0) is 17.8 Å². The van der Waals surface area contributed by atoms with Crippen molar-refractivity contribution in [2.24, 2.45) is 0 Å². The predicted molar refractivity (Wildman–Crippen MR) is 131 cm³/mol. The molecule has 0 radical (unpaired) electrons. The first-order valence-corrected chi connectivity index (χ1v) is 11.1. The number of hydrogen-bond acceptors (Lipinski definition) is 6. The third kappa shape index (κ3) is 5.50. The van der Waals surface area contributed by atoms with E-state index in [1.54, 1.807) is 19.1 Å². The third-order valence-electron chi connectivity index (χ3n) is 5.09. The molecule has 4 rings (SSSR count). The molecule has 0 atom stereocenters. The number of anilines is 1. The van der Waals surface area contributed by atoms with Crippen molar-refractivity contribution in [2.75, 3.05) is 11.9 Å². The van der Waals surface area contributed by atoms with Gasteiger partial charge in [0.1, 0.15) is 23.7 Å². The highest BCUT2D eigenvalue weighted by atomic mass is 16.5. The molecule has 8 nitrogen and oxygen atoms in total. The van der Waals surface area contributed by atoms with Crippen molar-refractivity contribution in [3.63, 3.8) is 0 Å². The van der Waals surface area contributed by atoms with Gasteiger partial charge in [0.15, 0.2) is 11.6 Å². The van der Waals surface area contributed by atoms with Gasteiger partial charge >= 0.3 is 5.97 Å². The number of ether oxygens (including phenoxy) is 2. The fourth-order valence-electron chi connectivity index (χ4n) is 3.46. The fraction of sp³-hybridized carbons (Fsp3) is 0.148. The minimum atomic E-state index is -0.586. The highest BCUT2D eigenvalue weighted by Gasteiger charge is 2.23. The zero-order chi connectivity index (χ0) is 24.6. The largest absolute Gasteiger partial charge is 0.485 e. The number of nitrogens with one attached hydrogen (secondary N) is 1. The number of benzene rings is 2. The molecule has 0 unspecified atom stereocenters. The maximum atomic E-state index is 13.0. The van der Waals surface area contributed by atoms with Crippen LogP contribution in [0, 0.1) is 0 Å². The molecule has 0 aliphatic carbocycles. The zero-order valence-electron chi connectivity index (χ0n) is 19.3. The summed E-state index contributed by atoms with van der Waals surface area (Å²) in [6.45, 7) is 5.82. The lowest BCUT2D eigenvalue weighted by molar-refractivity contribution is 0.0527. The summed E-state index contributed by atoms with van der Waals surface area (Å²) in [7, 11) is 0. The van der Waals surface area contributed by atoms with Crippen LogP contribution in [0.2, 0.25) is 0 Å². The predicted octanol–water partition coefficient (Wildman–Crippen LogP) is 5.20. The normalized spacial score (nSPS) is 10.5. The average Bonchev–Trinajstić information content (AvgIpc) is 3.52. The van der Waals surface area contributed by atoms with Crippen LogP contribution < -0.4 is 10.1 Å². The lowest BCUT2D eigenvalue weighted by atomic mass is 10.1. The first kappa shape index (κ1) is 23.6. The summed E-state index contributed by atoms with van der Waals surface area (Å²) < 4.78 is 18.2. The third-order valence-corrected chi connectivity index (χ3v) is 5.09. The Morgan fingerprint density at radius 3 is 2.63 bits per heavy atom. The summed E-state index contributed by atoms with van der Waals surface area (Å²) in [5, 5.41) is 7.01. The van der Waals surface area contributed by atoms with E-state index in [4.69, 9.17) is 13.9 Å². The minimum Gasteiger partial charge on any atom is -0.485 e. The molecular weight excluding hydrogens is 446 g/mol. The van der Waals surface area contributed by atoms with E-state index < -0.39 is 11.9 Å². The highest BCUT2D eigenvalue weighted by molar-refractivity contribution is 6.06. The lowest BCUT2D eigenvalue weighted by Crippen LogP contribution is -2.17. The van der Waals surface area contributed by atoms with Crippen LogP contribution in [0.1, 0.15) is 39.2 Å². The number of aromatic nitrogens is 2. The molecule has 0 bridgehead atoms. The quantitative estimate of drug-likeness (QED) is 0.252. The summed E-state index contributed by atoms with van der Waals surface area (Å²) in [6, 6.07) is 20.0. The van der Waals surface area contributed by atoms with Crippen LogP contribution in [0.4, 0.5) is 5.82 Å². The monoisotopic (exact) mass is 471 g/mol. The molecule has 2 aromatic heterocycles. The molecule has 2 aromatic carbocycles. The first-order valence-electron chi connectivity index (χ1n) is 11.1. The SMILES string of the molecule is C=CCc1ccccc1OCc1ccc(C(=O)Nc2c(C(=O)OCC)cnn2-c2ccccc2)o1. The number of nitrogens with zero attached hydrogens (tertiary/aromatic N) is 2. The second-order valence-corrected chi connectivity index (χ2v) is 7.48. The zero-order valence-corrected chi connectivity index (χ0v) is 19.3. The van der Waals surface area contributed by atoms with Gasteiger partial charge in [0, 0.05) is 0 Å². The van der Waals surface area contributed by atoms with Gasteiger partial charge < -0.3 is 19.2 Å². The number of furan rings is 1. The van der Waals surface area contributed by atoms with E-state index in [1.165, 1.54) is 10.9 Å². The van der Waals surface area contributed by atoms with E-state index >= 15 is 0 Å². The lowest BCUT2D eigenvalue weighted by Gasteiger charge is -2.10. The topological polar surface area (TPSA) is 95.6 Å². The molecule has 0 spiro atoms. The second kappa shape index (κ2) is 11.0. The summed E-state index contributed by atoms with van der Waals surface area (Å²) in [5.74, 6) is 0.334. The Balaban J connectivity index is 1.52. The van der Waals surface area contributed by atoms with E-state index in [-0.39, 0.29) is 30.4 Å². The smallest absolute Gasteiger partial charge is 0.343 e. The van der Waals surface area contributed by atoms with E-state index in [0.717, 1.165) is 11.3 Å². The number of amides is 1. The molecular formula is C27H25N3O5. The van der Waals surface area contributed by atoms with Crippen LogP contribution in [0.5, 0.6) is 5.75 Å². The molecule has 4 aromatic rings. The van der Waals surface area contributed by atoms with E-state index in [0.29, 0.717) is 17.9 Å². The van der Waals surface area contributed by atoms with Gasteiger partial charge in [-0.3, -0.25) is 4.79 Å². The number of carbonyl (C=O) groups excluding carboxylic acids is 2. The van der Waals surface area contributed by atoms with Crippen LogP contribution in [0.25, 0.3) is 5.69 Å². The number of allylic oxidation sites excluding steroid dienone is 1. The highest BCUT2D eigenvalue weighted by Crippen LogP contribution is 2.24. The number of para-hydroxylation sites is 2. The number of esters is 1. The summed E-state index contributed by atoms with van der Waals surface area (Å²) >= 11 is 0. The molecule has 0 saturated heterocycles. The molecule has 0 fully saturated rings. The molecule has 0 saturated carbocycles. The Kier molecular flexibility index (Phi) is 7.42. The number of rotatable bonds is 10. The van der Waals surface area contributed by atoms with Crippen molar-refractivity contribution in [3.05, 3.63) is 108 Å². The van der Waals surface area contributed by atoms with Crippen molar-refractivity contribution in [2.45, 2.75) is 20.0 Å². The summed E-state index contributed by atoms with van der Waals surface area (Å²) in [4.78, 5) is 25.5. The van der Waals surface area contributed by atoms with Crippen molar-refractivity contribution >= 4 is 17.7 Å². The standard InChI is InChI=1S/C27H25N3O5/c1-3-10-19-11-8-9-14-23(19)34-18-21-15-16-24(35-21)26(31)29-25-22(27(32)33-4-2)17-28-30(25)20-12-6-5-7-13-20/h3,5-9,11-17H,1,4,10,18H2,2H3,(H,29,31). The Bertz CT molecular complexity index is 1320. The van der Waals surface area contributed by atoms with Gasteiger partial charge in [-0.05, 0) is 49.2 Å². The molecule has 1 N–H and O–H groups in total. The maximum absolute atomic E-state index is 13.0. The van der Waals surface area contributed by atoms with Gasteiger partial charge in [0.2, 0.25) is 0 Å². The van der Waals surface area contributed by atoms with Gasteiger partial charge in [-0.25, -0.2) is 9.48 Å². The van der Waals surface area contributed by atoms with E-state index in [2.05, 4.69) is 17.0 Å². The molecule has 0 aliphatic heterocycles. The molecule has 2 heterocycles. The first-order chi connectivity index (χ1) is 17.1. The van der Waals surface area contributed by atoms with E-state index in [1.807, 2.05) is 60.7 Å². The van der Waals surface area contributed by atoms with Crippen molar-refractivity contribution in [3.8, 4) is 11.4 Å². The molecule has 1 amide bonds. The fourth-order valence-corrected chi connectivity index (χ4v) is 3.46. The summed E-state index contributed by atoms with van der Waals surface area (Å²) in [5.41, 5.74) is 1.82. The molecule has 35 heavy (non-hydrogen) atoms. The number of hydrogen-bond donors (Lipinski definition) is 1. The van der Waals surface area contributed by atoms with Gasteiger partial charge in [0.05, 0.1) is 18.5 Å².